The molecule has 0 spiro atoms. The van der Waals surface area contributed by atoms with Crippen molar-refractivity contribution >= 4 is 0 Å². The quantitative estimate of drug-likeness (QED) is 0.355. The second-order valence-corrected chi connectivity index (χ2v) is 4.73. The lowest BCUT2D eigenvalue weighted by Crippen LogP contribution is -2.11. The maximum Gasteiger partial charge on any atom is 0.416 e. The van der Waals surface area contributed by atoms with Gasteiger partial charge in [0.2, 0.25) is 0 Å². The van der Waals surface area contributed by atoms with Crippen molar-refractivity contribution in [2.45, 2.75) is 45.0 Å². The molecule has 0 bridgehead atoms. The van der Waals surface area contributed by atoms with Crippen LogP contribution in [0, 0.1) is 0 Å². The third-order valence-corrected chi connectivity index (χ3v) is 2.89. The van der Waals surface area contributed by atoms with Crippen LogP contribution in [0.4, 0.5) is 26.3 Å². The van der Waals surface area contributed by atoms with E-state index in [0.29, 0.717) is 0 Å². The van der Waals surface area contributed by atoms with Gasteiger partial charge in [-0.3, -0.25) is 0 Å². The summed E-state index contributed by atoms with van der Waals surface area (Å²) in [7, 11) is 0. The number of alkyl halides is 6. The highest BCUT2D eigenvalue weighted by Gasteiger charge is 2.36. The molecule has 0 unspecified atom stereocenters. The van der Waals surface area contributed by atoms with Crippen LogP contribution in [-0.2, 0) is 18.8 Å². The van der Waals surface area contributed by atoms with E-state index in [2.05, 4.69) is 0 Å². The molecule has 0 fully saturated rings. The van der Waals surface area contributed by atoms with Gasteiger partial charge in [-0.1, -0.05) is 31.9 Å². The van der Waals surface area contributed by atoms with Gasteiger partial charge >= 0.3 is 12.4 Å². The Kier molecular flexibility index (Phi) is 5.87. The van der Waals surface area contributed by atoms with E-state index >= 15 is 0 Å². The van der Waals surface area contributed by atoms with E-state index in [0.717, 1.165) is 31.4 Å². The number of hydrogen-bond acceptors (Lipinski definition) is 0. The zero-order valence-electron chi connectivity index (χ0n) is 11.5. The summed E-state index contributed by atoms with van der Waals surface area (Å²) in [6.07, 6.45) is -3.47. The maximum atomic E-state index is 12.6. The highest BCUT2D eigenvalue weighted by atomic mass is 19.4. The predicted molar refractivity (Wildman–Crippen MR) is 68.8 cm³/mol. The molecule has 0 aromatic heterocycles. The largest absolute Gasteiger partial charge is 0.416 e. The lowest BCUT2D eigenvalue weighted by molar-refractivity contribution is -0.143. The Morgan fingerprint density at radius 3 is 1.81 bits per heavy atom. The molecule has 0 N–H and O–H groups in total. The highest BCUT2D eigenvalue weighted by molar-refractivity contribution is 5.34. The van der Waals surface area contributed by atoms with Crippen LogP contribution >= 0.6 is 0 Å². The van der Waals surface area contributed by atoms with Crippen LogP contribution in [0.25, 0.3) is 0 Å². The van der Waals surface area contributed by atoms with Gasteiger partial charge in [-0.25, -0.2) is 0 Å². The van der Waals surface area contributed by atoms with E-state index in [1.807, 2.05) is 6.92 Å². The van der Waals surface area contributed by atoms with Crippen LogP contribution in [-0.4, -0.2) is 0 Å². The van der Waals surface area contributed by atoms with Crippen LogP contribution in [0.3, 0.4) is 0 Å². The van der Waals surface area contributed by atoms with Gasteiger partial charge < -0.3 is 0 Å². The standard InChI is InChI=1S/C15H16F6/c1-2-3-4-5-6-7-11-8-12(14(16,17)18)10-13(9-11)15(19,20)21/h5-6,8-10H,2-4,7H2,1H3/b6-5+. The minimum absolute atomic E-state index is 0.00454. The molecule has 1 aromatic carbocycles. The van der Waals surface area contributed by atoms with Crippen molar-refractivity contribution in [1.82, 2.24) is 0 Å². The topological polar surface area (TPSA) is 0 Å². The average molecular weight is 310 g/mol. The molecule has 0 saturated carbocycles. The number of benzene rings is 1. The first-order valence-electron chi connectivity index (χ1n) is 6.58. The van der Waals surface area contributed by atoms with Crippen molar-refractivity contribution in [3.05, 3.63) is 47.0 Å². The van der Waals surface area contributed by atoms with E-state index in [1.54, 1.807) is 12.2 Å². The predicted octanol–water partition coefficient (Wildman–Crippen LogP) is 6.01. The van der Waals surface area contributed by atoms with Crippen LogP contribution in [0.2, 0.25) is 0 Å². The fourth-order valence-corrected chi connectivity index (χ4v) is 1.80. The van der Waals surface area contributed by atoms with Gasteiger partial charge in [0.15, 0.2) is 0 Å². The Bertz CT molecular complexity index is 450. The Labute approximate surface area is 119 Å². The van der Waals surface area contributed by atoms with Crippen molar-refractivity contribution in [3.63, 3.8) is 0 Å². The van der Waals surface area contributed by atoms with E-state index < -0.39 is 23.5 Å². The van der Waals surface area contributed by atoms with Gasteiger partial charge in [-0.05, 0) is 36.6 Å². The molecular formula is C15H16F6. The molecule has 0 radical (unpaired) electrons. The third kappa shape index (κ3) is 5.81. The highest BCUT2D eigenvalue weighted by Crippen LogP contribution is 2.36. The number of allylic oxidation sites excluding steroid dienone is 2. The van der Waals surface area contributed by atoms with Crippen molar-refractivity contribution in [1.29, 1.82) is 0 Å². The Hall–Kier alpha value is -1.46. The molecule has 0 aliphatic rings. The SMILES string of the molecule is CCCC/C=C/Cc1cc(C(F)(F)F)cc(C(F)(F)F)c1. The van der Waals surface area contributed by atoms with Gasteiger partial charge in [-0.2, -0.15) is 26.3 Å². The number of hydrogen-bond donors (Lipinski definition) is 0. The van der Waals surface area contributed by atoms with Gasteiger partial charge in [0, 0.05) is 0 Å². The minimum Gasteiger partial charge on any atom is -0.166 e. The zero-order chi connectivity index (χ0) is 16.1. The molecule has 1 aromatic rings. The summed E-state index contributed by atoms with van der Waals surface area (Å²) < 4.78 is 75.8. The first-order valence-corrected chi connectivity index (χ1v) is 6.58. The normalized spacial score (nSPS) is 13.1. The van der Waals surface area contributed by atoms with E-state index in [-0.39, 0.29) is 18.1 Å². The minimum atomic E-state index is -4.79. The summed E-state index contributed by atoms with van der Waals surface area (Å²) in [6.45, 7) is 2.00. The fourth-order valence-electron chi connectivity index (χ4n) is 1.80. The van der Waals surface area contributed by atoms with Gasteiger partial charge in [0.1, 0.15) is 0 Å². The van der Waals surface area contributed by atoms with Crippen molar-refractivity contribution in [3.8, 4) is 0 Å². The second-order valence-electron chi connectivity index (χ2n) is 4.73. The van der Waals surface area contributed by atoms with Crippen molar-refractivity contribution in [2.24, 2.45) is 0 Å². The summed E-state index contributed by atoms with van der Waals surface area (Å²) in [4.78, 5) is 0. The smallest absolute Gasteiger partial charge is 0.166 e. The summed E-state index contributed by atoms with van der Waals surface area (Å²) >= 11 is 0. The van der Waals surface area contributed by atoms with Gasteiger partial charge in [-0.15, -0.1) is 0 Å². The first kappa shape index (κ1) is 17.6. The molecular weight excluding hydrogens is 294 g/mol. The van der Waals surface area contributed by atoms with E-state index in [1.165, 1.54) is 0 Å². The molecule has 0 aliphatic heterocycles. The van der Waals surface area contributed by atoms with Gasteiger partial charge in [0.25, 0.3) is 0 Å². The summed E-state index contributed by atoms with van der Waals surface area (Å²) in [5, 5.41) is 0. The molecule has 0 amide bonds. The Morgan fingerprint density at radius 1 is 0.857 bits per heavy atom. The number of unbranched alkanes of at least 4 members (excludes halogenated alkanes) is 2. The molecule has 0 heterocycles. The molecule has 0 nitrogen and oxygen atoms in total. The van der Waals surface area contributed by atoms with E-state index in [4.69, 9.17) is 0 Å². The fraction of sp³-hybridized carbons (Fsp3) is 0.467. The van der Waals surface area contributed by atoms with Crippen molar-refractivity contribution in [2.75, 3.05) is 0 Å². The second kappa shape index (κ2) is 7.00. The van der Waals surface area contributed by atoms with Crippen molar-refractivity contribution < 1.29 is 26.3 Å². The molecule has 0 saturated heterocycles. The summed E-state index contributed by atoms with van der Waals surface area (Å²) in [6, 6.07) is 1.67. The van der Waals surface area contributed by atoms with Crippen LogP contribution in [0.15, 0.2) is 30.4 Å². The molecule has 0 aliphatic carbocycles. The summed E-state index contributed by atoms with van der Waals surface area (Å²) in [5.41, 5.74) is -2.53. The Balaban J connectivity index is 3.00. The monoisotopic (exact) mass is 310 g/mol. The zero-order valence-corrected chi connectivity index (χ0v) is 11.5. The van der Waals surface area contributed by atoms with E-state index in [9.17, 15) is 26.3 Å². The van der Waals surface area contributed by atoms with Crippen LogP contribution in [0.5, 0.6) is 0 Å². The average Bonchev–Trinajstić information content (AvgIpc) is 2.36. The Morgan fingerprint density at radius 2 is 1.38 bits per heavy atom. The lowest BCUT2D eigenvalue weighted by Gasteiger charge is -2.13. The molecule has 118 valence electrons. The van der Waals surface area contributed by atoms with Crippen LogP contribution < -0.4 is 0 Å². The number of rotatable bonds is 5. The molecule has 6 heteroatoms. The molecule has 0 atom stereocenters. The maximum absolute atomic E-state index is 12.6. The molecule has 21 heavy (non-hydrogen) atoms. The van der Waals surface area contributed by atoms with Gasteiger partial charge in [0.05, 0.1) is 11.1 Å². The first-order chi connectivity index (χ1) is 9.64. The lowest BCUT2D eigenvalue weighted by atomic mass is 10.0. The number of halogens is 6. The van der Waals surface area contributed by atoms with Crippen LogP contribution in [0.1, 0.15) is 42.9 Å². The molecule has 1 rings (SSSR count). The third-order valence-electron chi connectivity index (χ3n) is 2.89. The summed E-state index contributed by atoms with van der Waals surface area (Å²) in [5.74, 6) is 0.